The maximum atomic E-state index is 11.9. The lowest BCUT2D eigenvalue weighted by molar-refractivity contribution is -0.147. The molecular weight excluding hydrogens is 324 g/mol. The molecule has 0 radical (unpaired) electrons. The topological polar surface area (TPSA) is 111 Å². The van der Waals surface area contributed by atoms with Gasteiger partial charge in [-0.1, -0.05) is 17.7 Å². The first-order valence-corrected chi connectivity index (χ1v) is 8.31. The quantitative estimate of drug-likeness (QED) is 0.465. The van der Waals surface area contributed by atoms with Gasteiger partial charge in [0.15, 0.2) is 6.61 Å². The highest BCUT2D eigenvalue weighted by atomic mass is 32.2. The summed E-state index contributed by atoms with van der Waals surface area (Å²) in [6, 6.07) is 6.17. The normalized spacial score (nSPS) is 11.0. The molecule has 0 unspecified atom stereocenters. The molecule has 0 fully saturated rings. The zero-order valence-corrected chi connectivity index (χ0v) is 13.8. The fraction of sp³-hybridized carbons (Fsp3) is 0.429. The molecule has 0 spiro atoms. The molecule has 0 saturated carbocycles. The van der Waals surface area contributed by atoms with Crippen LogP contribution in [-0.4, -0.2) is 53.7 Å². The van der Waals surface area contributed by atoms with Gasteiger partial charge in [0.1, 0.15) is 6.54 Å². The lowest BCUT2D eigenvalue weighted by atomic mass is 10.2. The SMILES string of the molecule is COCCNC(=O)COC(=O)CNS(=O)(=O)c1ccc(C)cc1. The Morgan fingerprint density at radius 2 is 1.83 bits per heavy atom. The highest BCUT2D eigenvalue weighted by Crippen LogP contribution is 2.09. The third kappa shape index (κ3) is 7.22. The van der Waals surface area contributed by atoms with Crippen LogP contribution in [0.3, 0.4) is 0 Å². The summed E-state index contributed by atoms with van der Waals surface area (Å²) < 4.78 is 35.4. The summed E-state index contributed by atoms with van der Waals surface area (Å²) in [7, 11) is -2.30. The first-order valence-electron chi connectivity index (χ1n) is 6.83. The molecule has 1 aromatic carbocycles. The Hall–Kier alpha value is -1.97. The largest absolute Gasteiger partial charge is 0.455 e. The van der Waals surface area contributed by atoms with Crippen LogP contribution in [0.25, 0.3) is 0 Å². The molecule has 0 heterocycles. The van der Waals surface area contributed by atoms with E-state index in [1.54, 1.807) is 12.1 Å². The van der Waals surface area contributed by atoms with Crippen molar-refractivity contribution in [1.82, 2.24) is 10.0 Å². The van der Waals surface area contributed by atoms with E-state index in [9.17, 15) is 18.0 Å². The molecule has 1 amide bonds. The molecule has 128 valence electrons. The minimum Gasteiger partial charge on any atom is -0.455 e. The molecule has 0 saturated heterocycles. The van der Waals surface area contributed by atoms with Crippen LogP contribution in [0.5, 0.6) is 0 Å². The molecule has 9 heteroatoms. The third-order valence-corrected chi connectivity index (χ3v) is 4.15. The van der Waals surface area contributed by atoms with Gasteiger partial charge in [-0.25, -0.2) is 8.42 Å². The smallest absolute Gasteiger partial charge is 0.321 e. The summed E-state index contributed by atoms with van der Waals surface area (Å²) in [5, 5.41) is 2.46. The molecule has 2 N–H and O–H groups in total. The summed E-state index contributed by atoms with van der Waals surface area (Å²) in [6.07, 6.45) is 0. The Balaban J connectivity index is 2.37. The van der Waals surface area contributed by atoms with Gasteiger partial charge in [-0.05, 0) is 19.1 Å². The van der Waals surface area contributed by atoms with Gasteiger partial charge in [0.05, 0.1) is 11.5 Å². The summed E-state index contributed by atoms with van der Waals surface area (Å²) in [4.78, 5) is 22.8. The number of rotatable bonds is 9. The Bertz CT molecular complexity index is 627. The van der Waals surface area contributed by atoms with Gasteiger partial charge in [0.25, 0.3) is 5.91 Å². The van der Waals surface area contributed by atoms with E-state index in [1.807, 2.05) is 6.92 Å². The van der Waals surface area contributed by atoms with Crippen LogP contribution in [0.1, 0.15) is 5.56 Å². The fourth-order valence-corrected chi connectivity index (χ4v) is 2.46. The second-order valence-corrected chi connectivity index (χ2v) is 6.41. The average Bonchev–Trinajstić information content (AvgIpc) is 2.52. The summed E-state index contributed by atoms with van der Waals surface area (Å²) in [5.41, 5.74) is 0.919. The van der Waals surface area contributed by atoms with Gasteiger partial charge in [-0.3, -0.25) is 9.59 Å². The van der Waals surface area contributed by atoms with Crippen molar-refractivity contribution < 1.29 is 27.5 Å². The molecule has 0 atom stereocenters. The van der Waals surface area contributed by atoms with Gasteiger partial charge in [-0.15, -0.1) is 0 Å². The fourth-order valence-electron chi connectivity index (χ4n) is 1.50. The first-order chi connectivity index (χ1) is 10.8. The minimum atomic E-state index is -3.80. The maximum Gasteiger partial charge on any atom is 0.321 e. The number of nitrogens with one attached hydrogen (secondary N) is 2. The van der Waals surface area contributed by atoms with E-state index in [-0.39, 0.29) is 4.90 Å². The summed E-state index contributed by atoms with van der Waals surface area (Å²) in [6.45, 7) is 1.44. The number of ether oxygens (including phenoxy) is 2. The molecule has 23 heavy (non-hydrogen) atoms. The van der Waals surface area contributed by atoms with E-state index in [0.717, 1.165) is 5.56 Å². The monoisotopic (exact) mass is 344 g/mol. The van der Waals surface area contributed by atoms with E-state index < -0.39 is 35.1 Å². The van der Waals surface area contributed by atoms with Gasteiger partial charge in [-0.2, -0.15) is 4.72 Å². The third-order valence-electron chi connectivity index (χ3n) is 2.73. The number of benzene rings is 1. The number of sulfonamides is 1. The average molecular weight is 344 g/mol. The van der Waals surface area contributed by atoms with E-state index in [1.165, 1.54) is 19.2 Å². The lowest BCUT2D eigenvalue weighted by Gasteiger charge is -2.08. The van der Waals surface area contributed by atoms with Crippen molar-refractivity contribution in [2.24, 2.45) is 0 Å². The highest BCUT2D eigenvalue weighted by molar-refractivity contribution is 7.89. The van der Waals surface area contributed by atoms with Crippen LogP contribution in [0.4, 0.5) is 0 Å². The first kappa shape index (κ1) is 19.1. The van der Waals surface area contributed by atoms with E-state index in [2.05, 4.69) is 14.8 Å². The Labute approximate surface area is 135 Å². The molecule has 8 nitrogen and oxygen atoms in total. The Morgan fingerprint density at radius 1 is 1.17 bits per heavy atom. The predicted octanol–water partition coefficient (Wildman–Crippen LogP) is -0.421. The summed E-state index contributed by atoms with van der Waals surface area (Å²) in [5.74, 6) is -1.33. The number of hydrogen-bond donors (Lipinski definition) is 2. The molecule has 0 aliphatic rings. The second-order valence-electron chi connectivity index (χ2n) is 4.64. The van der Waals surface area contributed by atoms with E-state index in [0.29, 0.717) is 13.2 Å². The highest BCUT2D eigenvalue weighted by Gasteiger charge is 2.16. The molecule has 1 rings (SSSR count). The van der Waals surface area contributed by atoms with Gasteiger partial charge >= 0.3 is 5.97 Å². The van der Waals surface area contributed by atoms with E-state index in [4.69, 9.17) is 4.74 Å². The van der Waals surface area contributed by atoms with Crippen LogP contribution in [0.2, 0.25) is 0 Å². The van der Waals surface area contributed by atoms with Crippen molar-refractivity contribution in [1.29, 1.82) is 0 Å². The Morgan fingerprint density at radius 3 is 2.43 bits per heavy atom. The standard InChI is InChI=1S/C14H20N2O6S/c1-11-3-5-12(6-4-11)23(19,20)16-9-14(18)22-10-13(17)15-7-8-21-2/h3-6,16H,7-10H2,1-2H3,(H,15,17). The van der Waals surface area contributed by atoms with Crippen LogP contribution in [0.15, 0.2) is 29.2 Å². The van der Waals surface area contributed by atoms with Crippen LogP contribution >= 0.6 is 0 Å². The van der Waals surface area contributed by atoms with Crippen LogP contribution < -0.4 is 10.0 Å². The van der Waals surface area contributed by atoms with Crippen LogP contribution in [-0.2, 0) is 29.1 Å². The van der Waals surface area contributed by atoms with Gasteiger partial charge in [0.2, 0.25) is 10.0 Å². The van der Waals surface area contributed by atoms with Crippen molar-refractivity contribution >= 4 is 21.9 Å². The molecule has 0 bridgehead atoms. The maximum absolute atomic E-state index is 11.9. The number of esters is 1. The molecule has 0 aromatic heterocycles. The van der Waals surface area contributed by atoms with Crippen molar-refractivity contribution in [3.8, 4) is 0 Å². The number of hydrogen-bond acceptors (Lipinski definition) is 6. The molecular formula is C14H20N2O6S. The number of aryl methyl sites for hydroxylation is 1. The van der Waals surface area contributed by atoms with Crippen molar-refractivity contribution in [3.63, 3.8) is 0 Å². The van der Waals surface area contributed by atoms with Gasteiger partial charge in [0, 0.05) is 13.7 Å². The lowest BCUT2D eigenvalue weighted by Crippen LogP contribution is -2.34. The van der Waals surface area contributed by atoms with Crippen molar-refractivity contribution in [2.75, 3.05) is 33.4 Å². The zero-order valence-electron chi connectivity index (χ0n) is 13.0. The zero-order chi connectivity index (χ0) is 17.3. The molecule has 1 aromatic rings. The second kappa shape index (κ2) is 9.23. The Kier molecular flexibility index (Phi) is 7.66. The number of carbonyl (C=O) groups is 2. The summed E-state index contributed by atoms with van der Waals surface area (Å²) >= 11 is 0. The van der Waals surface area contributed by atoms with Crippen LogP contribution in [0, 0.1) is 6.92 Å². The number of carbonyl (C=O) groups excluding carboxylic acids is 2. The molecule has 0 aliphatic heterocycles. The van der Waals surface area contributed by atoms with Crippen molar-refractivity contribution in [2.45, 2.75) is 11.8 Å². The van der Waals surface area contributed by atoms with Crippen molar-refractivity contribution in [3.05, 3.63) is 29.8 Å². The number of methoxy groups -OCH3 is 1. The van der Waals surface area contributed by atoms with Gasteiger partial charge < -0.3 is 14.8 Å². The molecule has 0 aliphatic carbocycles. The predicted molar refractivity (Wildman–Crippen MR) is 82.2 cm³/mol. The minimum absolute atomic E-state index is 0.0493. The number of amides is 1. The van der Waals surface area contributed by atoms with E-state index >= 15 is 0 Å².